The number of rotatable bonds is 5. The minimum Gasteiger partial charge on any atom is -0.247 e. The van der Waals surface area contributed by atoms with E-state index in [-0.39, 0.29) is 6.42 Å². The van der Waals surface area contributed by atoms with Crippen LogP contribution >= 0.6 is 0 Å². The van der Waals surface area contributed by atoms with Crippen LogP contribution in [0.5, 0.6) is 0 Å². The second kappa shape index (κ2) is 5.57. The molecule has 0 aliphatic rings. The Hall–Kier alpha value is -0.210. The van der Waals surface area contributed by atoms with E-state index in [0.717, 1.165) is 6.42 Å². The minimum absolute atomic E-state index is 0.279. The fourth-order valence-corrected chi connectivity index (χ4v) is 0.737. The summed E-state index contributed by atoms with van der Waals surface area (Å²) in [6, 6.07) is 0. The molecule has 0 nitrogen and oxygen atoms in total. The quantitative estimate of drug-likeness (QED) is 0.570. The van der Waals surface area contributed by atoms with Gasteiger partial charge in [0.25, 0.3) is 0 Å². The average Bonchev–Trinajstić information content (AvgIpc) is 1.82. The summed E-state index contributed by atoms with van der Waals surface area (Å²) in [5.41, 5.74) is 0. The fraction of sp³-hybridized carbons (Fsp3) is 1.00. The Labute approximate surface area is 59.4 Å². The number of hydrogen-bond acceptors (Lipinski definition) is 0. The SMILES string of the molecule is CCCC[C@H](F)CC(F)F. The molecule has 3 heteroatoms. The van der Waals surface area contributed by atoms with Crippen molar-refractivity contribution in [1.29, 1.82) is 0 Å². The third-order valence-corrected chi connectivity index (χ3v) is 1.30. The molecule has 0 aliphatic carbocycles. The van der Waals surface area contributed by atoms with E-state index in [4.69, 9.17) is 0 Å². The van der Waals surface area contributed by atoms with Crippen LogP contribution in [-0.2, 0) is 0 Å². The first-order valence-electron chi connectivity index (χ1n) is 3.59. The second-order valence-electron chi connectivity index (χ2n) is 2.37. The highest BCUT2D eigenvalue weighted by Gasteiger charge is 2.12. The second-order valence-corrected chi connectivity index (χ2v) is 2.37. The van der Waals surface area contributed by atoms with E-state index in [1.807, 2.05) is 6.92 Å². The van der Waals surface area contributed by atoms with Gasteiger partial charge in [0.15, 0.2) is 0 Å². The van der Waals surface area contributed by atoms with Gasteiger partial charge < -0.3 is 0 Å². The maximum absolute atomic E-state index is 12.4. The van der Waals surface area contributed by atoms with Gasteiger partial charge in [0.1, 0.15) is 6.17 Å². The van der Waals surface area contributed by atoms with Crippen molar-refractivity contribution in [1.82, 2.24) is 0 Å². The summed E-state index contributed by atoms with van der Waals surface area (Å²) < 4.78 is 35.3. The summed E-state index contributed by atoms with van der Waals surface area (Å²) in [5.74, 6) is 0. The molecule has 0 saturated heterocycles. The first-order chi connectivity index (χ1) is 4.66. The molecular weight excluding hydrogens is 141 g/mol. The molecule has 0 amide bonds. The molecule has 0 saturated carbocycles. The predicted octanol–water partition coefficient (Wildman–Crippen LogP) is 3.17. The molecule has 0 bridgehead atoms. The molecule has 0 rings (SSSR count). The molecule has 0 unspecified atom stereocenters. The van der Waals surface area contributed by atoms with Crippen molar-refractivity contribution in [3.8, 4) is 0 Å². The Morgan fingerprint density at radius 2 is 1.80 bits per heavy atom. The molecule has 10 heavy (non-hydrogen) atoms. The van der Waals surface area contributed by atoms with Crippen LogP contribution in [0.2, 0.25) is 0 Å². The van der Waals surface area contributed by atoms with Gasteiger partial charge in [-0.15, -0.1) is 0 Å². The minimum atomic E-state index is -2.49. The Kier molecular flexibility index (Phi) is 5.45. The van der Waals surface area contributed by atoms with Gasteiger partial charge in [-0.05, 0) is 6.42 Å². The lowest BCUT2D eigenvalue weighted by Crippen LogP contribution is -2.05. The van der Waals surface area contributed by atoms with Gasteiger partial charge in [0.05, 0.1) is 0 Å². The highest BCUT2D eigenvalue weighted by molar-refractivity contribution is 4.56. The maximum Gasteiger partial charge on any atom is 0.241 e. The first kappa shape index (κ1) is 9.79. The Morgan fingerprint density at radius 1 is 1.20 bits per heavy atom. The molecule has 0 heterocycles. The van der Waals surface area contributed by atoms with E-state index in [0.29, 0.717) is 6.42 Å². The summed E-state index contributed by atoms with van der Waals surface area (Å²) >= 11 is 0. The van der Waals surface area contributed by atoms with E-state index in [1.54, 1.807) is 0 Å². The smallest absolute Gasteiger partial charge is 0.241 e. The zero-order valence-electron chi connectivity index (χ0n) is 6.12. The molecule has 0 radical (unpaired) electrons. The molecule has 0 aromatic carbocycles. The highest BCUT2D eigenvalue weighted by Crippen LogP contribution is 2.13. The molecule has 0 aromatic rings. The van der Waals surface area contributed by atoms with Gasteiger partial charge >= 0.3 is 0 Å². The summed E-state index contributed by atoms with van der Waals surface area (Å²) in [6.45, 7) is 1.91. The number of hydrogen-bond donors (Lipinski definition) is 0. The van der Waals surface area contributed by atoms with E-state index in [1.165, 1.54) is 0 Å². The van der Waals surface area contributed by atoms with E-state index >= 15 is 0 Å². The van der Waals surface area contributed by atoms with Crippen LogP contribution in [0, 0.1) is 0 Å². The van der Waals surface area contributed by atoms with E-state index < -0.39 is 19.0 Å². The van der Waals surface area contributed by atoms with Gasteiger partial charge in [-0.25, -0.2) is 13.2 Å². The Balaban J connectivity index is 3.16. The van der Waals surface area contributed by atoms with Crippen molar-refractivity contribution in [2.75, 3.05) is 0 Å². The van der Waals surface area contributed by atoms with Crippen molar-refractivity contribution in [3.63, 3.8) is 0 Å². The average molecular weight is 154 g/mol. The highest BCUT2D eigenvalue weighted by atomic mass is 19.3. The summed E-state index contributed by atoms with van der Waals surface area (Å²) in [6.07, 6.45) is -2.55. The van der Waals surface area contributed by atoms with Crippen molar-refractivity contribution in [2.24, 2.45) is 0 Å². The van der Waals surface area contributed by atoms with Gasteiger partial charge in [-0.3, -0.25) is 0 Å². The molecule has 0 fully saturated rings. The molecule has 0 spiro atoms. The van der Waals surface area contributed by atoms with Crippen LogP contribution in [0.25, 0.3) is 0 Å². The summed E-state index contributed by atoms with van der Waals surface area (Å²) in [5, 5.41) is 0. The lowest BCUT2D eigenvalue weighted by molar-refractivity contribution is 0.0967. The van der Waals surface area contributed by atoms with Crippen molar-refractivity contribution >= 4 is 0 Å². The summed E-state index contributed by atoms with van der Waals surface area (Å²) in [7, 11) is 0. The lowest BCUT2D eigenvalue weighted by Gasteiger charge is -2.04. The lowest BCUT2D eigenvalue weighted by atomic mass is 10.1. The third kappa shape index (κ3) is 5.92. The van der Waals surface area contributed by atoms with E-state index in [2.05, 4.69) is 0 Å². The van der Waals surface area contributed by atoms with Gasteiger partial charge in [0.2, 0.25) is 6.43 Å². The number of unbranched alkanes of at least 4 members (excludes halogenated alkanes) is 1. The van der Waals surface area contributed by atoms with Crippen molar-refractivity contribution in [3.05, 3.63) is 0 Å². The molecule has 62 valence electrons. The van der Waals surface area contributed by atoms with Crippen LogP contribution in [0.1, 0.15) is 32.6 Å². The third-order valence-electron chi connectivity index (χ3n) is 1.30. The van der Waals surface area contributed by atoms with E-state index in [9.17, 15) is 13.2 Å². The topological polar surface area (TPSA) is 0 Å². The van der Waals surface area contributed by atoms with Crippen LogP contribution in [0.3, 0.4) is 0 Å². The molecular formula is C7H13F3. The number of alkyl halides is 3. The zero-order chi connectivity index (χ0) is 7.98. The van der Waals surface area contributed by atoms with Crippen LogP contribution < -0.4 is 0 Å². The zero-order valence-corrected chi connectivity index (χ0v) is 6.12. The standard InChI is InChI=1S/C7H13F3/c1-2-3-4-6(8)5-7(9)10/h6-7H,2-5H2,1H3/t6-/m0/s1. The van der Waals surface area contributed by atoms with Crippen LogP contribution in [0.15, 0.2) is 0 Å². The van der Waals surface area contributed by atoms with Gasteiger partial charge in [-0.1, -0.05) is 19.8 Å². The molecule has 0 aromatic heterocycles. The van der Waals surface area contributed by atoms with Gasteiger partial charge in [0, 0.05) is 6.42 Å². The normalized spacial score (nSPS) is 14.1. The monoisotopic (exact) mass is 154 g/mol. The first-order valence-corrected chi connectivity index (χ1v) is 3.59. The Bertz CT molecular complexity index is 73.3. The molecule has 1 atom stereocenters. The molecule has 0 N–H and O–H groups in total. The largest absolute Gasteiger partial charge is 0.247 e. The number of halogens is 3. The van der Waals surface area contributed by atoms with Crippen LogP contribution in [-0.4, -0.2) is 12.6 Å². The maximum atomic E-state index is 12.4. The molecule has 0 aliphatic heterocycles. The van der Waals surface area contributed by atoms with Gasteiger partial charge in [-0.2, -0.15) is 0 Å². The summed E-state index contributed by atoms with van der Waals surface area (Å²) in [4.78, 5) is 0. The predicted molar refractivity (Wildman–Crippen MR) is 35.0 cm³/mol. The fourth-order valence-electron chi connectivity index (χ4n) is 0.737. The van der Waals surface area contributed by atoms with Crippen molar-refractivity contribution < 1.29 is 13.2 Å². The van der Waals surface area contributed by atoms with Crippen LogP contribution in [0.4, 0.5) is 13.2 Å². The Morgan fingerprint density at radius 3 is 2.20 bits per heavy atom. The van der Waals surface area contributed by atoms with Crippen molar-refractivity contribution in [2.45, 2.75) is 45.2 Å².